The van der Waals surface area contributed by atoms with E-state index in [1.54, 1.807) is 6.20 Å². The van der Waals surface area contributed by atoms with Crippen molar-refractivity contribution in [3.63, 3.8) is 0 Å². The Bertz CT molecular complexity index is 932. The average Bonchev–Trinajstić information content (AvgIpc) is 2.64. The molecule has 3 N–H and O–H groups in total. The van der Waals surface area contributed by atoms with Crippen LogP contribution in [0.15, 0.2) is 60.8 Å². The molecule has 0 aliphatic carbocycles. The molecule has 0 amide bonds. The number of aromatic nitrogens is 2. The summed E-state index contributed by atoms with van der Waals surface area (Å²) >= 11 is 0. The van der Waals surface area contributed by atoms with Crippen LogP contribution >= 0.6 is 0 Å². The molecule has 146 valence electrons. The standard InChI is InChI=1S/C23H29N3OSi/c1-23(2,28(3,4)27)15-18-10-12-19(13-11-18)21-16-25-22(24)20(26-21)14-17-8-6-5-7-9-17/h5-13,16,27H,14-15H2,1-4H3,(H2,24,25). The molecular formula is C23H29N3OSi. The Balaban J connectivity index is 1.81. The quantitative estimate of drug-likeness (QED) is 0.590. The van der Waals surface area contributed by atoms with Crippen molar-refractivity contribution in [2.75, 3.05) is 5.73 Å². The maximum Gasteiger partial charge on any atom is 0.188 e. The van der Waals surface area contributed by atoms with E-state index in [-0.39, 0.29) is 5.04 Å². The summed E-state index contributed by atoms with van der Waals surface area (Å²) < 4.78 is 0. The van der Waals surface area contributed by atoms with Gasteiger partial charge in [0.05, 0.1) is 17.6 Å². The lowest BCUT2D eigenvalue weighted by Crippen LogP contribution is -2.40. The molecule has 0 saturated heterocycles. The normalized spacial score (nSPS) is 12.2. The van der Waals surface area contributed by atoms with Gasteiger partial charge in [0.15, 0.2) is 8.32 Å². The van der Waals surface area contributed by atoms with Crippen LogP contribution in [-0.4, -0.2) is 23.1 Å². The van der Waals surface area contributed by atoms with Gasteiger partial charge in [0, 0.05) is 12.0 Å². The van der Waals surface area contributed by atoms with Crippen molar-refractivity contribution in [1.82, 2.24) is 9.97 Å². The smallest absolute Gasteiger partial charge is 0.188 e. The Hall–Kier alpha value is -2.50. The molecule has 0 bridgehead atoms. The number of rotatable bonds is 6. The minimum Gasteiger partial charge on any atom is -0.432 e. The molecule has 2 aromatic carbocycles. The van der Waals surface area contributed by atoms with Crippen LogP contribution in [0.5, 0.6) is 0 Å². The molecule has 0 spiro atoms. The Morgan fingerprint density at radius 3 is 2.21 bits per heavy atom. The lowest BCUT2D eigenvalue weighted by atomic mass is 10.00. The summed E-state index contributed by atoms with van der Waals surface area (Å²) in [6.07, 6.45) is 3.25. The molecule has 3 rings (SSSR count). The minimum absolute atomic E-state index is 0.0849. The number of benzene rings is 2. The van der Waals surface area contributed by atoms with Gasteiger partial charge in [0.2, 0.25) is 0 Å². The molecule has 28 heavy (non-hydrogen) atoms. The first-order chi connectivity index (χ1) is 13.2. The number of hydrogen-bond acceptors (Lipinski definition) is 4. The van der Waals surface area contributed by atoms with Gasteiger partial charge in [0.1, 0.15) is 5.82 Å². The molecule has 1 heterocycles. The summed E-state index contributed by atoms with van der Waals surface area (Å²) in [5.74, 6) is 0.473. The minimum atomic E-state index is -2.23. The first kappa shape index (κ1) is 20.2. The summed E-state index contributed by atoms with van der Waals surface area (Å²) in [7, 11) is -2.23. The zero-order chi connectivity index (χ0) is 20.4. The Morgan fingerprint density at radius 1 is 0.964 bits per heavy atom. The number of anilines is 1. The van der Waals surface area contributed by atoms with Crippen molar-refractivity contribution in [3.05, 3.63) is 77.6 Å². The van der Waals surface area contributed by atoms with Gasteiger partial charge in [-0.05, 0) is 35.7 Å². The SMILES string of the molecule is CC(C)(Cc1ccc(-c2cnc(N)c(Cc3ccccc3)n2)cc1)[Si](C)(C)O. The molecule has 5 heteroatoms. The molecular weight excluding hydrogens is 362 g/mol. The summed E-state index contributed by atoms with van der Waals surface area (Å²) in [6, 6.07) is 18.5. The second-order valence-electron chi connectivity index (χ2n) is 8.57. The van der Waals surface area contributed by atoms with E-state index in [1.807, 2.05) is 31.3 Å². The van der Waals surface area contributed by atoms with Gasteiger partial charge >= 0.3 is 0 Å². The van der Waals surface area contributed by atoms with Gasteiger partial charge in [-0.25, -0.2) is 9.97 Å². The summed E-state index contributed by atoms with van der Waals surface area (Å²) in [4.78, 5) is 19.6. The fourth-order valence-corrected chi connectivity index (χ4v) is 3.65. The number of nitrogen functional groups attached to an aromatic ring is 1. The monoisotopic (exact) mass is 391 g/mol. The van der Waals surface area contributed by atoms with Crippen molar-refractivity contribution < 1.29 is 4.80 Å². The highest BCUT2D eigenvalue weighted by Crippen LogP contribution is 2.38. The van der Waals surface area contributed by atoms with E-state index in [2.05, 4.69) is 55.2 Å². The van der Waals surface area contributed by atoms with E-state index >= 15 is 0 Å². The highest BCUT2D eigenvalue weighted by molar-refractivity contribution is 6.72. The second-order valence-corrected chi connectivity index (χ2v) is 13.0. The van der Waals surface area contributed by atoms with E-state index in [0.717, 1.165) is 28.9 Å². The van der Waals surface area contributed by atoms with Gasteiger partial charge < -0.3 is 10.5 Å². The molecule has 0 unspecified atom stereocenters. The van der Waals surface area contributed by atoms with E-state index in [1.165, 1.54) is 5.56 Å². The molecule has 0 fully saturated rings. The van der Waals surface area contributed by atoms with Crippen molar-refractivity contribution in [2.24, 2.45) is 0 Å². The van der Waals surface area contributed by atoms with Crippen molar-refractivity contribution in [2.45, 2.75) is 44.8 Å². The Labute approximate surface area is 168 Å². The van der Waals surface area contributed by atoms with E-state index in [9.17, 15) is 4.80 Å². The number of hydrogen-bond donors (Lipinski definition) is 2. The summed E-state index contributed by atoms with van der Waals surface area (Å²) in [5.41, 5.74) is 11.1. The first-order valence-electron chi connectivity index (χ1n) is 9.63. The van der Waals surface area contributed by atoms with Gasteiger partial charge in [-0.15, -0.1) is 0 Å². The largest absolute Gasteiger partial charge is 0.432 e. The third-order valence-electron chi connectivity index (χ3n) is 5.64. The van der Waals surface area contributed by atoms with Gasteiger partial charge in [0.25, 0.3) is 0 Å². The zero-order valence-corrected chi connectivity index (χ0v) is 18.1. The first-order valence-corrected chi connectivity index (χ1v) is 12.6. The maximum atomic E-state index is 10.5. The summed E-state index contributed by atoms with van der Waals surface area (Å²) in [6.45, 7) is 8.29. The molecule has 3 aromatic rings. The third-order valence-corrected chi connectivity index (χ3v) is 9.13. The number of nitrogens with two attached hydrogens (primary N) is 1. The van der Waals surface area contributed by atoms with E-state index in [4.69, 9.17) is 10.7 Å². The van der Waals surface area contributed by atoms with Gasteiger partial charge in [-0.1, -0.05) is 68.4 Å². The predicted molar refractivity (Wildman–Crippen MR) is 119 cm³/mol. The van der Waals surface area contributed by atoms with Crippen molar-refractivity contribution in [1.29, 1.82) is 0 Å². The van der Waals surface area contributed by atoms with Crippen LogP contribution in [0.3, 0.4) is 0 Å². The van der Waals surface area contributed by atoms with Crippen LogP contribution < -0.4 is 5.73 Å². The van der Waals surface area contributed by atoms with Crippen LogP contribution in [0.1, 0.15) is 30.7 Å². The van der Waals surface area contributed by atoms with Crippen LogP contribution in [-0.2, 0) is 12.8 Å². The molecule has 1 aromatic heterocycles. The molecule has 0 radical (unpaired) electrons. The molecule has 0 atom stereocenters. The van der Waals surface area contributed by atoms with Crippen LogP contribution in [0, 0.1) is 0 Å². The Kier molecular flexibility index (Phi) is 5.68. The predicted octanol–water partition coefficient (Wildman–Crippen LogP) is 4.84. The van der Waals surface area contributed by atoms with Crippen molar-refractivity contribution in [3.8, 4) is 11.3 Å². The highest BCUT2D eigenvalue weighted by atomic mass is 28.4. The third kappa shape index (κ3) is 4.66. The zero-order valence-electron chi connectivity index (χ0n) is 17.1. The lowest BCUT2D eigenvalue weighted by molar-refractivity contribution is 0.467. The molecule has 0 aliphatic heterocycles. The maximum absolute atomic E-state index is 10.5. The highest BCUT2D eigenvalue weighted by Gasteiger charge is 2.37. The van der Waals surface area contributed by atoms with Gasteiger partial charge in [-0.2, -0.15) is 0 Å². The lowest BCUT2D eigenvalue weighted by Gasteiger charge is -2.35. The molecule has 4 nitrogen and oxygen atoms in total. The van der Waals surface area contributed by atoms with Crippen molar-refractivity contribution >= 4 is 14.1 Å². The Morgan fingerprint density at radius 2 is 1.61 bits per heavy atom. The summed E-state index contributed by atoms with van der Waals surface area (Å²) in [5, 5.41) is -0.0849. The number of nitrogens with zero attached hydrogens (tertiary/aromatic N) is 2. The molecule has 0 saturated carbocycles. The van der Waals surface area contributed by atoms with Crippen LogP contribution in [0.4, 0.5) is 5.82 Å². The molecule has 0 aliphatic rings. The topological polar surface area (TPSA) is 72.0 Å². The fraction of sp³-hybridized carbons (Fsp3) is 0.304. The van der Waals surface area contributed by atoms with Gasteiger partial charge in [-0.3, -0.25) is 0 Å². The van der Waals surface area contributed by atoms with Crippen LogP contribution in [0.25, 0.3) is 11.3 Å². The average molecular weight is 392 g/mol. The van der Waals surface area contributed by atoms with Crippen LogP contribution in [0.2, 0.25) is 18.1 Å². The van der Waals surface area contributed by atoms with E-state index in [0.29, 0.717) is 12.2 Å². The second kappa shape index (κ2) is 7.85. The van der Waals surface area contributed by atoms with E-state index < -0.39 is 8.32 Å². The fourth-order valence-electron chi connectivity index (χ4n) is 3.02.